The molecular weight excluding hydrogens is 492 g/mol. The summed E-state index contributed by atoms with van der Waals surface area (Å²) in [6, 6.07) is 16.7. The molecule has 7 heteroatoms. The standard InChI is InChI=1S/C20H14BrCl4NO/c21-16-7-12(10-26-15-4-5-17(23)19(25)9-15)1-6-20(16)27-11-13-2-3-14(22)8-18(13)24/h1-9,26H,10-11H2. The summed E-state index contributed by atoms with van der Waals surface area (Å²) < 4.78 is 6.73. The Hall–Kier alpha value is -1.10. The molecule has 140 valence electrons. The predicted molar refractivity (Wildman–Crippen MR) is 119 cm³/mol. The van der Waals surface area contributed by atoms with Gasteiger partial charge in [-0.1, -0.05) is 58.5 Å². The Kier molecular flexibility index (Phi) is 7.18. The van der Waals surface area contributed by atoms with Crippen LogP contribution in [0.15, 0.2) is 59.1 Å². The molecule has 2 nitrogen and oxygen atoms in total. The van der Waals surface area contributed by atoms with Crippen LogP contribution in [0.1, 0.15) is 11.1 Å². The van der Waals surface area contributed by atoms with Crippen LogP contribution >= 0.6 is 62.3 Å². The minimum absolute atomic E-state index is 0.357. The highest BCUT2D eigenvalue weighted by Crippen LogP contribution is 2.29. The summed E-state index contributed by atoms with van der Waals surface area (Å²) in [6.45, 7) is 0.995. The highest BCUT2D eigenvalue weighted by Gasteiger charge is 2.07. The Bertz CT molecular complexity index is 965. The summed E-state index contributed by atoms with van der Waals surface area (Å²) in [5.74, 6) is 0.735. The van der Waals surface area contributed by atoms with Gasteiger partial charge in [0.25, 0.3) is 0 Å². The van der Waals surface area contributed by atoms with Gasteiger partial charge < -0.3 is 10.1 Å². The molecule has 0 aliphatic carbocycles. The summed E-state index contributed by atoms with van der Waals surface area (Å²) in [5.41, 5.74) is 2.86. The Balaban J connectivity index is 1.62. The van der Waals surface area contributed by atoms with Crippen LogP contribution in [0.5, 0.6) is 5.75 Å². The second kappa shape index (κ2) is 9.40. The fourth-order valence-corrected chi connectivity index (χ4v) is 3.68. The highest BCUT2D eigenvalue weighted by atomic mass is 79.9. The molecule has 0 bridgehead atoms. The van der Waals surface area contributed by atoms with Crippen molar-refractivity contribution in [3.63, 3.8) is 0 Å². The quantitative estimate of drug-likeness (QED) is 0.364. The molecule has 1 N–H and O–H groups in total. The zero-order chi connectivity index (χ0) is 19.4. The molecule has 0 saturated carbocycles. The molecule has 0 unspecified atom stereocenters. The van der Waals surface area contributed by atoms with E-state index >= 15 is 0 Å². The van der Waals surface area contributed by atoms with Gasteiger partial charge in [0.05, 0.1) is 14.5 Å². The van der Waals surface area contributed by atoms with Gasteiger partial charge in [-0.3, -0.25) is 0 Å². The number of hydrogen-bond donors (Lipinski definition) is 1. The number of hydrogen-bond acceptors (Lipinski definition) is 2. The summed E-state index contributed by atoms with van der Waals surface area (Å²) in [7, 11) is 0. The van der Waals surface area contributed by atoms with Crippen molar-refractivity contribution < 1.29 is 4.74 Å². The Labute approximate surface area is 186 Å². The topological polar surface area (TPSA) is 21.3 Å². The van der Waals surface area contributed by atoms with Crippen LogP contribution in [0.4, 0.5) is 5.69 Å². The van der Waals surface area contributed by atoms with Gasteiger partial charge >= 0.3 is 0 Å². The largest absolute Gasteiger partial charge is 0.488 e. The van der Waals surface area contributed by atoms with Gasteiger partial charge in [-0.05, 0) is 64.0 Å². The lowest BCUT2D eigenvalue weighted by Crippen LogP contribution is -2.01. The first-order chi connectivity index (χ1) is 12.9. The second-order valence-electron chi connectivity index (χ2n) is 5.77. The molecule has 0 radical (unpaired) electrons. The highest BCUT2D eigenvalue weighted by molar-refractivity contribution is 9.10. The van der Waals surface area contributed by atoms with Crippen LogP contribution in [-0.4, -0.2) is 0 Å². The summed E-state index contributed by atoms with van der Waals surface area (Å²) >= 11 is 27.6. The van der Waals surface area contributed by atoms with Crippen molar-refractivity contribution in [2.75, 3.05) is 5.32 Å². The van der Waals surface area contributed by atoms with Gasteiger partial charge in [-0.15, -0.1) is 0 Å². The van der Waals surface area contributed by atoms with E-state index in [1.54, 1.807) is 24.3 Å². The number of ether oxygens (including phenoxy) is 1. The molecule has 0 fully saturated rings. The first-order valence-corrected chi connectivity index (χ1v) is 10.3. The van der Waals surface area contributed by atoms with Crippen molar-refractivity contribution in [3.8, 4) is 5.75 Å². The molecule has 3 rings (SSSR count). The Morgan fingerprint density at radius 2 is 1.63 bits per heavy atom. The summed E-state index contributed by atoms with van der Waals surface area (Å²) in [6.07, 6.45) is 0. The van der Waals surface area contributed by atoms with Gasteiger partial charge in [-0.25, -0.2) is 0 Å². The second-order valence-corrected chi connectivity index (χ2v) is 8.28. The molecule has 3 aromatic rings. The van der Waals surface area contributed by atoms with Gasteiger partial charge in [0.15, 0.2) is 0 Å². The van der Waals surface area contributed by atoms with Crippen LogP contribution in [0.2, 0.25) is 20.1 Å². The van der Waals surface area contributed by atoms with E-state index in [1.807, 2.05) is 30.3 Å². The number of halogens is 5. The van der Waals surface area contributed by atoms with E-state index in [1.165, 1.54) is 0 Å². The lowest BCUT2D eigenvalue weighted by atomic mass is 10.2. The van der Waals surface area contributed by atoms with E-state index in [9.17, 15) is 0 Å². The molecule has 0 atom stereocenters. The first kappa shape index (κ1) is 20.6. The predicted octanol–water partition coefficient (Wildman–Crippen LogP) is 8.25. The maximum Gasteiger partial charge on any atom is 0.134 e. The average molecular weight is 506 g/mol. The summed E-state index contributed by atoms with van der Waals surface area (Å²) in [4.78, 5) is 0. The fraction of sp³-hybridized carbons (Fsp3) is 0.100. The van der Waals surface area contributed by atoms with Crippen LogP contribution in [0, 0.1) is 0 Å². The summed E-state index contributed by atoms with van der Waals surface area (Å²) in [5, 5.41) is 5.55. The van der Waals surface area contributed by atoms with Crippen LogP contribution in [0.3, 0.4) is 0 Å². The van der Waals surface area contributed by atoms with Gasteiger partial charge in [0.1, 0.15) is 12.4 Å². The third kappa shape index (κ3) is 5.69. The van der Waals surface area contributed by atoms with Crippen molar-refractivity contribution >= 4 is 68.0 Å². The first-order valence-electron chi connectivity index (χ1n) is 7.96. The van der Waals surface area contributed by atoms with E-state index < -0.39 is 0 Å². The third-order valence-electron chi connectivity index (χ3n) is 3.81. The normalized spacial score (nSPS) is 10.7. The molecule has 0 amide bonds. The molecule has 0 aromatic heterocycles. The average Bonchev–Trinajstić information content (AvgIpc) is 2.63. The van der Waals surface area contributed by atoms with Crippen LogP contribution in [-0.2, 0) is 13.2 Å². The van der Waals surface area contributed by atoms with Crippen molar-refractivity contribution in [2.45, 2.75) is 13.2 Å². The molecule has 3 aromatic carbocycles. The van der Waals surface area contributed by atoms with E-state index in [-0.39, 0.29) is 0 Å². The van der Waals surface area contributed by atoms with Crippen molar-refractivity contribution in [1.29, 1.82) is 0 Å². The van der Waals surface area contributed by atoms with E-state index in [0.29, 0.717) is 33.2 Å². The molecule has 0 saturated heterocycles. The van der Waals surface area contributed by atoms with E-state index in [0.717, 1.165) is 27.0 Å². The number of benzene rings is 3. The Morgan fingerprint density at radius 1 is 0.815 bits per heavy atom. The van der Waals surface area contributed by atoms with Crippen LogP contribution < -0.4 is 10.1 Å². The zero-order valence-corrected chi connectivity index (χ0v) is 18.5. The maximum absolute atomic E-state index is 6.18. The minimum Gasteiger partial charge on any atom is -0.488 e. The molecular formula is C20H14BrCl4NO. The van der Waals surface area contributed by atoms with E-state index in [4.69, 9.17) is 51.1 Å². The molecule has 0 aliphatic rings. The lowest BCUT2D eigenvalue weighted by Gasteiger charge is -2.12. The van der Waals surface area contributed by atoms with E-state index in [2.05, 4.69) is 21.2 Å². The number of rotatable bonds is 6. The molecule has 0 spiro atoms. The zero-order valence-electron chi connectivity index (χ0n) is 13.9. The Morgan fingerprint density at radius 3 is 2.33 bits per heavy atom. The van der Waals surface area contributed by atoms with Crippen LogP contribution in [0.25, 0.3) is 0 Å². The van der Waals surface area contributed by atoms with Crippen molar-refractivity contribution in [3.05, 3.63) is 90.3 Å². The SMILES string of the molecule is Clc1ccc(COc2ccc(CNc3ccc(Cl)c(Cl)c3)cc2Br)c(Cl)c1. The smallest absolute Gasteiger partial charge is 0.134 e. The fourth-order valence-electron chi connectivity index (χ4n) is 2.38. The van der Waals surface area contributed by atoms with Crippen molar-refractivity contribution in [1.82, 2.24) is 0 Å². The molecule has 27 heavy (non-hydrogen) atoms. The number of nitrogens with one attached hydrogen (secondary N) is 1. The number of anilines is 1. The maximum atomic E-state index is 6.18. The molecule has 0 heterocycles. The monoisotopic (exact) mass is 503 g/mol. The molecule has 0 aliphatic heterocycles. The lowest BCUT2D eigenvalue weighted by molar-refractivity contribution is 0.304. The van der Waals surface area contributed by atoms with Gasteiger partial charge in [0, 0.05) is 27.8 Å². The van der Waals surface area contributed by atoms with Crippen molar-refractivity contribution in [2.24, 2.45) is 0 Å². The minimum atomic E-state index is 0.357. The van der Waals surface area contributed by atoms with Gasteiger partial charge in [-0.2, -0.15) is 0 Å². The van der Waals surface area contributed by atoms with Gasteiger partial charge in [0.2, 0.25) is 0 Å². The third-order valence-corrected chi connectivity index (χ3v) is 5.76.